The van der Waals surface area contributed by atoms with Gasteiger partial charge in [-0.3, -0.25) is 9.89 Å². The molecule has 2 heterocycles. The lowest BCUT2D eigenvalue weighted by Gasteiger charge is -2.08. The van der Waals surface area contributed by atoms with E-state index in [4.69, 9.17) is 5.73 Å². The fourth-order valence-corrected chi connectivity index (χ4v) is 2.81. The van der Waals surface area contributed by atoms with Gasteiger partial charge in [0.1, 0.15) is 11.4 Å². The molecule has 0 radical (unpaired) electrons. The van der Waals surface area contributed by atoms with Crippen molar-refractivity contribution in [1.82, 2.24) is 15.2 Å². The van der Waals surface area contributed by atoms with Gasteiger partial charge in [-0.15, -0.1) is 0 Å². The normalized spacial score (nSPS) is 11.0. The summed E-state index contributed by atoms with van der Waals surface area (Å²) in [5.74, 6) is -5.37. The number of halogens is 4. The van der Waals surface area contributed by atoms with Crippen molar-refractivity contribution in [2.75, 3.05) is 11.1 Å². The Morgan fingerprint density at radius 1 is 1.00 bits per heavy atom. The second-order valence-corrected chi connectivity index (χ2v) is 6.10. The standard InChI is InChI=1S/C19H11F4N5O/c20-11-2-1-8(5-13(11)22)17-10-6-9(7-25-18(10)28-27-17)26-19(29)15-12(21)3-4-14(24)16(15)23/h1-7H,24H2,(H,26,29)(H,25,27,28). The van der Waals surface area contributed by atoms with E-state index >= 15 is 0 Å². The van der Waals surface area contributed by atoms with E-state index in [1.165, 1.54) is 18.3 Å². The first-order chi connectivity index (χ1) is 13.8. The van der Waals surface area contributed by atoms with Crippen LogP contribution in [0.15, 0.2) is 42.6 Å². The van der Waals surface area contributed by atoms with Crippen LogP contribution in [0, 0.1) is 23.3 Å². The maximum atomic E-state index is 14.1. The number of pyridine rings is 1. The molecule has 4 aromatic rings. The van der Waals surface area contributed by atoms with Gasteiger partial charge in [0.05, 0.1) is 23.3 Å². The third kappa shape index (κ3) is 3.24. The van der Waals surface area contributed by atoms with Gasteiger partial charge < -0.3 is 11.1 Å². The topological polar surface area (TPSA) is 96.7 Å². The van der Waals surface area contributed by atoms with Crippen LogP contribution >= 0.6 is 0 Å². The average molecular weight is 401 g/mol. The van der Waals surface area contributed by atoms with Gasteiger partial charge in [0, 0.05) is 10.9 Å². The van der Waals surface area contributed by atoms with Gasteiger partial charge in [-0.2, -0.15) is 5.10 Å². The van der Waals surface area contributed by atoms with Crippen molar-refractivity contribution in [1.29, 1.82) is 0 Å². The quantitative estimate of drug-likeness (QED) is 0.357. The van der Waals surface area contributed by atoms with E-state index in [-0.39, 0.29) is 17.0 Å². The lowest BCUT2D eigenvalue weighted by Crippen LogP contribution is -2.17. The molecule has 0 aliphatic carbocycles. The molecule has 146 valence electrons. The second-order valence-electron chi connectivity index (χ2n) is 6.10. The first-order valence-corrected chi connectivity index (χ1v) is 8.19. The van der Waals surface area contributed by atoms with Gasteiger partial charge in [-0.1, -0.05) is 0 Å². The number of carbonyl (C=O) groups is 1. The van der Waals surface area contributed by atoms with Crippen molar-refractivity contribution in [3.05, 3.63) is 71.4 Å². The van der Waals surface area contributed by atoms with E-state index in [1.54, 1.807) is 0 Å². The van der Waals surface area contributed by atoms with Crippen molar-refractivity contribution in [2.45, 2.75) is 0 Å². The third-order valence-electron chi connectivity index (χ3n) is 4.22. The first kappa shape index (κ1) is 18.4. The molecule has 0 bridgehead atoms. The minimum absolute atomic E-state index is 0.106. The lowest BCUT2D eigenvalue weighted by molar-refractivity contribution is 0.101. The van der Waals surface area contributed by atoms with Gasteiger partial charge in [0.15, 0.2) is 23.1 Å². The SMILES string of the molecule is Nc1ccc(F)c(C(=O)Nc2cnc3n[nH]c(-c4ccc(F)c(F)c4)c3c2)c1F. The Labute approximate surface area is 160 Å². The summed E-state index contributed by atoms with van der Waals surface area (Å²) in [5, 5.41) is 9.34. The third-order valence-corrected chi connectivity index (χ3v) is 4.22. The zero-order chi connectivity index (χ0) is 20.7. The Balaban J connectivity index is 1.72. The van der Waals surface area contributed by atoms with Gasteiger partial charge in [-0.05, 0) is 36.4 Å². The van der Waals surface area contributed by atoms with E-state index in [1.807, 2.05) is 0 Å². The zero-order valence-corrected chi connectivity index (χ0v) is 14.4. The summed E-state index contributed by atoms with van der Waals surface area (Å²) >= 11 is 0. The minimum atomic E-state index is -1.18. The van der Waals surface area contributed by atoms with Crippen LogP contribution in [0.5, 0.6) is 0 Å². The van der Waals surface area contributed by atoms with E-state index in [0.29, 0.717) is 16.6 Å². The predicted octanol–water partition coefficient (Wildman–Crippen LogP) is 4.02. The molecule has 0 saturated carbocycles. The number of nitrogens with two attached hydrogens (primary N) is 1. The maximum Gasteiger partial charge on any atom is 0.261 e. The predicted molar refractivity (Wildman–Crippen MR) is 98.0 cm³/mol. The number of nitrogens with one attached hydrogen (secondary N) is 2. The number of benzene rings is 2. The smallest absolute Gasteiger partial charge is 0.261 e. The number of H-pyrrole nitrogens is 1. The van der Waals surface area contributed by atoms with Crippen LogP contribution in [-0.4, -0.2) is 21.1 Å². The summed E-state index contributed by atoms with van der Waals surface area (Å²) < 4.78 is 54.7. The van der Waals surface area contributed by atoms with Crippen LogP contribution in [-0.2, 0) is 0 Å². The van der Waals surface area contributed by atoms with E-state index in [0.717, 1.165) is 24.3 Å². The van der Waals surface area contributed by atoms with E-state index in [9.17, 15) is 22.4 Å². The fraction of sp³-hybridized carbons (Fsp3) is 0. The Bertz CT molecular complexity index is 1270. The highest BCUT2D eigenvalue weighted by atomic mass is 19.2. The number of amides is 1. The van der Waals surface area contributed by atoms with Crippen molar-refractivity contribution < 1.29 is 22.4 Å². The van der Waals surface area contributed by atoms with Crippen molar-refractivity contribution in [3.8, 4) is 11.3 Å². The highest BCUT2D eigenvalue weighted by Gasteiger charge is 2.20. The Hall–Kier alpha value is -3.95. The number of rotatable bonds is 3. The van der Waals surface area contributed by atoms with Crippen LogP contribution in [0.25, 0.3) is 22.3 Å². The average Bonchev–Trinajstić information content (AvgIpc) is 3.10. The van der Waals surface area contributed by atoms with Crippen LogP contribution in [0.1, 0.15) is 10.4 Å². The molecule has 4 N–H and O–H groups in total. The summed E-state index contributed by atoms with van der Waals surface area (Å²) in [5.41, 5.74) is 5.14. The molecule has 1 amide bonds. The summed E-state index contributed by atoms with van der Waals surface area (Å²) in [6.07, 6.45) is 1.23. The molecule has 0 unspecified atom stereocenters. The summed E-state index contributed by atoms with van der Waals surface area (Å²) in [7, 11) is 0. The number of fused-ring (bicyclic) bond motifs is 1. The first-order valence-electron chi connectivity index (χ1n) is 8.19. The number of aromatic amines is 1. The number of anilines is 2. The lowest BCUT2D eigenvalue weighted by atomic mass is 10.1. The molecule has 0 saturated heterocycles. The van der Waals surface area contributed by atoms with Crippen LogP contribution < -0.4 is 11.1 Å². The number of aromatic nitrogens is 3. The summed E-state index contributed by atoms with van der Waals surface area (Å²) in [4.78, 5) is 16.4. The largest absolute Gasteiger partial charge is 0.396 e. The van der Waals surface area contributed by atoms with E-state index in [2.05, 4.69) is 20.5 Å². The number of hydrogen-bond donors (Lipinski definition) is 3. The van der Waals surface area contributed by atoms with Gasteiger partial charge >= 0.3 is 0 Å². The van der Waals surface area contributed by atoms with Gasteiger partial charge in [-0.25, -0.2) is 22.5 Å². The van der Waals surface area contributed by atoms with Crippen molar-refractivity contribution in [2.24, 2.45) is 0 Å². The van der Waals surface area contributed by atoms with Gasteiger partial charge in [0.2, 0.25) is 0 Å². The molecule has 4 rings (SSSR count). The zero-order valence-electron chi connectivity index (χ0n) is 14.4. The highest BCUT2D eigenvalue weighted by molar-refractivity contribution is 6.06. The molecule has 0 aliphatic heterocycles. The molecule has 2 aromatic carbocycles. The molecule has 0 spiro atoms. The molecular formula is C19H11F4N5O. The molecule has 0 aliphatic rings. The van der Waals surface area contributed by atoms with Crippen molar-refractivity contribution in [3.63, 3.8) is 0 Å². The molecule has 0 atom stereocenters. The number of carbonyl (C=O) groups excluding carboxylic acids is 1. The molecule has 29 heavy (non-hydrogen) atoms. The summed E-state index contributed by atoms with van der Waals surface area (Å²) in [6.45, 7) is 0. The summed E-state index contributed by atoms with van der Waals surface area (Å²) in [6, 6.07) is 6.60. The monoisotopic (exact) mass is 401 g/mol. The van der Waals surface area contributed by atoms with Crippen LogP contribution in [0.4, 0.5) is 28.9 Å². The maximum absolute atomic E-state index is 14.1. The van der Waals surface area contributed by atoms with Gasteiger partial charge in [0.25, 0.3) is 5.91 Å². The van der Waals surface area contributed by atoms with Crippen molar-refractivity contribution >= 4 is 28.3 Å². The Morgan fingerprint density at radius 2 is 1.76 bits per heavy atom. The van der Waals surface area contributed by atoms with E-state index < -0.39 is 34.7 Å². The van der Waals surface area contributed by atoms with Crippen LogP contribution in [0.2, 0.25) is 0 Å². The fourth-order valence-electron chi connectivity index (χ4n) is 2.81. The molecule has 10 heteroatoms. The molecular weight excluding hydrogens is 390 g/mol. The highest BCUT2D eigenvalue weighted by Crippen LogP contribution is 2.28. The Kier molecular flexibility index (Phi) is 4.38. The number of nitrogens with zero attached hydrogens (tertiary/aromatic N) is 2. The molecule has 0 fully saturated rings. The Morgan fingerprint density at radius 3 is 2.52 bits per heavy atom. The molecule has 6 nitrogen and oxygen atoms in total. The van der Waals surface area contributed by atoms with Crippen LogP contribution in [0.3, 0.4) is 0 Å². The number of nitrogen functional groups attached to an aromatic ring is 1. The minimum Gasteiger partial charge on any atom is -0.396 e. The molecule has 2 aromatic heterocycles. The number of hydrogen-bond acceptors (Lipinski definition) is 4. The second kappa shape index (κ2) is 6.89.